The molecule has 1 aliphatic rings. The first kappa shape index (κ1) is 16.0. The maximum absolute atomic E-state index is 9.89. The van der Waals surface area contributed by atoms with Crippen LogP contribution in [0.15, 0.2) is 12.3 Å². The zero-order chi connectivity index (χ0) is 15.5. The number of likely N-dealkylation sites (N-methyl/N-ethyl adjacent to an activating group) is 1. The van der Waals surface area contributed by atoms with Crippen molar-refractivity contribution in [1.82, 2.24) is 9.88 Å². The molecule has 0 unspecified atom stereocenters. The van der Waals surface area contributed by atoms with E-state index >= 15 is 0 Å². The van der Waals surface area contributed by atoms with Gasteiger partial charge in [-0.3, -0.25) is 9.88 Å². The fourth-order valence-corrected chi connectivity index (χ4v) is 3.33. The van der Waals surface area contributed by atoms with Crippen molar-refractivity contribution < 1.29 is 14.6 Å². The van der Waals surface area contributed by atoms with Gasteiger partial charge in [-0.2, -0.15) is 0 Å². The van der Waals surface area contributed by atoms with Crippen molar-refractivity contribution in [3.8, 4) is 11.5 Å². The lowest BCUT2D eigenvalue weighted by atomic mass is 9.95. The van der Waals surface area contributed by atoms with Gasteiger partial charge in [0.1, 0.15) is 5.69 Å². The van der Waals surface area contributed by atoms with Gasteiger partial charge in [-0.25, -0.2) is 0 Å². The lowest BCUT2D eigenvalue weighted by Gasteiger charge is -2.37. The predicted molar refractivity (Wildman–Crippen MR) is 81.6 cm³/mol. The second kappa shape index (κ2) is 6.62. The van der Waals surface area contributed by atoms with Crippen LogP contribution in [0.3, 0.4) is 0 Å². The molecule has 0 radical (unpaired) electrons. The Kier molecular flexibility index (Phi) is 5.06. The highest BCUT2D eigenvalue weighted by Crippen LogP contribution is 2.39. The van der Waals surface area contributed by atoms with E-state index in [0.29, 0.717) is 24.0 Å². The average molecular weight is 294 g/mol. The first-order valence-electron chi connectivity index (χ1n) is 7.44. The molecule has 21 heavy (non-hydrogen) atoms. The van der Waals surface area contributed by atoms with Crippen LogP contribution < -0.4 is 9.47 Å². The molecule has 0 spiro atoms. The van der Waals surface area contributed by atoms with E-state index in [-0.39, 0.29) is 12.1 Å². The molecule has 1 N–H and O–H groups in total. The highest BCUT2D eigenvalue weighted by Gasteiger charge is 2.40. The van der Waals surface area contributed by atoms with Gasteiger partial charge in [-0.1, -0.05) is 6.92 Å². The van der Waals surface area contributed by atoms with Crippen molar-refractivity contribution in [2.75, 3.05) is 27.9 Å². The standard InChI is InChI=1S/C16H26N2O3/c1-12-5-7-16(9-12,11-19)18(2)10-13-15(21-4)14(20-3)6-8-17-13/h6,8,12,19H,5,7,9-11H2,1-4H3/t12-,16+/m0/s1. The van der Waals surface area contributed by atoms with E-state index < -0.39 is 0 Å². The topological polar surface area (TPSA) is 54.8 Å². The van der Waals surface area contributed by atoms with Crippen molar-refractivity contribution in [3.05, 3.63) is 18.0 Å². The normalized spacial score (nSPS) is 25.3. The van der Waals surface area contributed by atoms with E-state index in [0.717, 1.165) is 25.0 Å². The molecule has 118 valence electrons. The van der Waals surface area contributed by atoms with Gasteiger partial charge in [-0.05, 0) is 32.2 Å². The summed E-state index contributed by atoms with van der Waals surface area (Å²) in [6.07, 6.45) is 4.93. The van der Waals surface area contributed by atoms with Crippen LogP contribution in [0.1, 0.15) is 31.9 Å². The Morgan fingerprint density at radius 2 is 2.19 bits per heavy atom. The molecule has 1 fully saturated rings. The van der Waals surface area contributed by atoms with Gasteiger partial charge in [0, 0.05) is 24.3 Å². The number of nitrogens with zero attached hydrogens (tertiary/aromatic N) is 2. The van der Waals surface area contributed by atoms with Crippen molar-refractivity contribution >= 4 is 0 Å². The third kappa shape index (κ3) is 3.14. The van der Waals surface area contributed by atoms with Gasteiger partial charge in [-0.15, -0.1) is 0 Å². The molecule has 5 heteroatoms. The molecule has 1 saturated carbocycles. The zero-order valence-corrected chi connectivity index (χ0v) is 13.4. The fourth-order valence-electron chi connectivity index (χ4n) is 3.33. The van der Waals surface area contributed by atoms with E-state index in [1.807, 2.05) is 0 Å². The molecule has 0 saturated heterocycles. The average Bonchev–Trinajstić information content (AvgIpc) is 2.89. The van der Waals surface area contributed by atoms with Gasteiger partial charge < -0.3 is 14.6 Å². The minimum absolute atomic E-state index is 0.144. The molecule has 0 bridgehead atoms. The number of aliphatic hydroxyl groups excluding tert-OH is 1. The maximum atomic E-state index is 9.89. The first-order chi connectivity index (χ1) is 10.1. The molecule has 1 heterocycles. The van der Waals surface area contributed by atoms with Crippen molar-refractivity contribution in [2.45, 2.75) is 38.3 Å². The van der Waals surface area contributed by atoms with Crippen LogP contribution in [-0.2, 0) is 6.54 Å². The van der Waals surface area contributed by atoms with Crippen molar-refractivity contribution in [1.29, 1.82) is 0 Å². The zero-order valence-electron chi connectivity index (χ0n) is 13.4. The molecule has 5 nitrogen and oxygen atoms in total. The largest absolute Gasteiger partial charge is 0.493 e. The van der Waals surface area contributed by atoms with Crippen molar-refractivity contribution in [3.63, 3.8) is 0 Å². The van der Waals surface area contributed by atoms with Gasteiger partial charge in [0.05, 0.1) is 20.8 Å². The number of hydrogen-bond donors (Lipinski definition) is 1. The summed E-state index contributed by atoms with van der Waals surface area (Å²) in [5.41, 5.74) is 0.696. The van der Waals surface area contributed by atoms with Gasteiger partial charge >= 0.3 is 0 Å². The van der Waals surface area contributed by atoms with E-state index in [9.17, 15) is 5.11 Å². The molecular weight excluding hydrogens is 268 g/mol. The monoisotopic (exact) mass is 294 g/mol. The van der Waals surface area contributed by atoms with Crippen LogP contribution in [-0.4, -0.2) is 48.4 Å². The van der Waals surface area contributed by atoms with Crippen molar-refractivity contribution in [2.24, 2.45) is 5.92 Å². The van der Waals surface area contributed by atoms with E-state index in [4.69, 9.17) is 9.47 Å². The smallest absolute Gasteiger partial charge is 0.183 e. The molecular formula is C16H26N2O3. The van der Waals surface area contributed by atoms with Gasteiger partial charge in [0.25, 0.3) is 0 Å². The lowest BCUT2D eigenvalue weighted by molar-refractivity contribution is 0.0442. The van der Waals surface area contributed by atoms with Crippen LogP contribution in [0.25, 0.3) is 0 Å². The van der Waals surface area contributed by atoms with Gasteiger partial charge in [0.2, 0.25) is 0 Å². The molecule has 0 amide bonds. The first-order valence-corrected chi connectivity index (χ1v) is 7.44. The Hall–Kier alpha value is -1.33. The summed E-state index contributed by atoms with van der Waals surface area (Å²) in [7, 11) is 5.30. The molecule has 0 aliphatic heterocycles. The van der Waals surface area contributed by atoms with Crippen LogP contribution in [0.2, 0.25) is 0 Å². The summed E-state index contributed by atoms with van der Waals surface area (Å²) < 4.78 is 10.8. The summed E-state index contributed by atoms with van der Waals surface area (Å²) in [6, 6.07) is 1.79. The second-order valence-corrected chi connectivity index (χ2v) is 6.08. The Morgan fingerprint density at radius 3 is 2.71 bits per heavy atom. The highest BCUT2D eigenvalue weighted by molar-refractivity contribution is 5.42. The molecule has 1 aromatic rings. The summed E-state index contributed by atoms with van der Waals surface area (Å²) in [6.45, 7) is 3.06. The Labute approximate surface area is 126 Å². The summed E-state index contributed by atoms with van der Waals surface area (Å²) in [4.78, 5) is 6.63. The number of pyridine rings is 1. The van der Waals surface area contributed by atoms with Crippen LogP contribution >= 0.6 is 0 Å². The second-order valence-electron chi connectivity index (χ2n) is 6.08. The van der Waals surface area contributed by atoms with E-state index in [2.05, 4.69) is 23.9 Å². The lowest BCUT2D eigenvalue weighted by Crippen LogP contribution is -2.47. The number of methoxy groups -OCH3 is 2. The summed E-state index contributed by atoms with van der Waals surface area (Å²) in [5, 5.41) is 9.89. The third-order valence-corrected chi connectivity index (χ3v) is 4.69. The summed E-state index contributed by atoms with van der Waals surface area (Å²) in [5.74, 6) is 2.01. The Bertz CT molecular complexity index is 481. The number of hydrogen-bond acceptors (Lipinski definition) is 5. The number of aliphatic hydroxyl groups is 1. The SMILES string of the molecule is COc1ccnc(CN(C)[C@]2(CO)CC[C@H](C)C2)c1OC. The number of ether oxygens (including phenoxy) is 2. The minimum Gasteiger partial charge on any atom is -0.493 e. The third-order valence-electron chi connectivity index (χ3n) is 4.69. The Morgan fingerprint density at radius 1 is 1.43 bits per heavy atom. The van der Waals surface area contributed by atoms with Crippen LogP contribution in [0.5, 0.6) is 11.5 Å². The summed E-state index contributed by atoms with van der Waals surface area (Å²) >= 11 is 0. The molecule has 2 atom stereocenters. The highest BCUT2D eigenvalue weighted by atomic mass is 16.5. The van der Waals surface area contributed by atoms with Crippen LogP contribution in [0, 0.1) is 5.92 Å². The number of aromatic nitrogens is 1. The molecule has 1 aliphatic carbocycles. The molecule has 1 aromatic heterocycles. The van der Waals surface area contributed by atoms with Crippen LogP contribution in [0.4, 0.5) is 0 Å². The maximum Gasteiger partial charge on any atom is 0.183 e. The predicted octanol–water partition coefficient (Wildman–Crippen LogP) is 2.08. The van der Waals surface area contributed by atoms with E-state index in [1.54, 1.807) is 26.5 Å². The Balaban J connectivity index is 2.21. The molecule has 0 aromatic carbocycles. The quantitative estimate of drug-likeness (QED) is 0.870. The van der Waals surface area contributed by atoms with E-state index in [1.165, 1.54) is 0 Å². The number of rotatable bonds is 6. The minimum atomic E-state index is -0.144. The molecule has 2 rings (SSSR count). The van der Waals surface area contributed by atoms with Gasteiger partial charge in [0.15, 0.2) is 11.5 Å². The fraction of sp³-hybridized carbons (Fsp3) is 0.688.